The summed E-state index contributed by atoms with van der Waals surface area (Å²) in [6.07, 6.45) is 0.874. The number of anilines is 2. The molecule has 0 saturated carbocycles. The van der Waals surface area contributed by atoms with E-state index >= 15 is 0 Å². The molecule has 2 aromatic carbocycles. The van der Waals surface area contributed by atoms with Crippen LogP contribution in [0.4, 0.5) is 11.4 Å². The minimum Gasteiger partial charge on any atom is -0.497 e. The first kappa shape index (κ1) is 21.8. The molecule has 1 saturated heterocycles. The molecule has 9 heteroatoms. The van der Waals surface area contributed by atoms with E-state index in [9.17, 15) is 18.0 Å². The van der Waals surface area contributed by atoms with Gasteiger partial charge in [-0.2, -0.15) is 4.31 Å². The summed E-state index contributed by atoms with van der Waals surface area (Å²) in [5, 5.41) is 5.52. The van der Waals surface area contributed by atoms with E-state index in [1.807, 2.05) is 0 Å². The van der Waals surface area contributed by atoms with E-state index in [1.54, 1.807) is 36.4 Å². The molecule has 1 aliphatic rings. The van der Waals surface area contributed by atoms with Crippen molar-refractivity contribution in [2.75, 3.05) is 30.8 Å². The Hall–Kier alpha value is -2.91. The highest BCUT2D eigenvalue weighted by Crippen LogP contribution is 2.26. The lowest BCUT2D eigenvalue weighted by Crippen LogP contribution is -2.41. The lowest BCUT2D eigenvalue weighted by atomic mass is 9.97. The molecule has 0 aliphatic carbocycles. The molecule has 1 heterocycles. The summed E-state index contributed by atoms with van der Waals surface area (Å²) < 4.78 is 32.1. The Morgan fingerprint density at radius 2 is 1.60 bits per heavy atom. The molecule has 0 bridgehead atoms. The number of sulfonamides is 1. The van der Waals surface area contributed by atoms with Crippen LogP contribution in [0, 0.1) is 5.92 Å². The third-order valence-corrected chi connectivity index (χ3v) is 6.89. The smallest absolute Gasteiger partial charge is 0.243 e. The Labute approximate surface area is 176 Å². The van der Waals surface area contributed by atoms with Gasteiger partial charge in [0.1, 0.15) is 5.75 Å². The van der Waals surface area contributed by atoms with Crippen molar-refractivity contribution in [2.45, 2.75) is 24.7 Å². The number of benzene rings is 2. The van der Waals surface area contributed by atoms with Crippen molar-refractivity contribution in [1.29, 1.82) is 0 Å². The van der Waals surface area contributed by atoms with Crippen LogP contribution in [0.3, 0.4) is 0 Å². The lowest BCUT2D eigenvalue weighted by Gasteiger charge is -2.30. The second-order valence-electron chi connectivity index (χ2n) is 7.11. The number of amides is 2. The molecule has 0 aromatic heterocycles. The number of ether oxygens (including phenoxy) is 1. The van der Waals surface area contributed by atoms with E-state index in [0.29, 0.717) is 30.0 Å². The third-order valence-electron chi connectivity index (χ3n) is 4.97. The Bertz CT molecular complexity index is 1010. The van der Waals surface area contributed by atoms with Crippen LogP contribution in [0.15, 0.2) is 53.4 Å². The molecule has 0 unspecified atom stereocenters. The highest BCUT2D eigenvalue weighted by atomic mass is 32.2. The first-order chi connectivity index (χ1) is 14.3. The van der Waals surface area contributed by atoms with Crippen molar-refractivity contribution in [2.24, 2.45) is 5.92 Å². The molecule has 2 amide bonds. The summed E-state index contributed by atoms with van der Waals surface area (Å²) >= 11 is 0. The van der Waals surface area contributed by atoms with E-state index in [2.05, 4.69) is 10.6 Å². The van der Waals surface area contributed by atoms with Crippen LogP contribution < -0.4 is 15.4 Å². The van der Waals surface area contributed by atoms with Gasteiger partial charge in [0.2, 0.25) is 21.8 Å². The number of carbonyl (C=O) groups excluding carboxylic acids is 2. The van der Waals surface area contributed by atoms with Crippen molar-refractivity contribution in [3.05, 3.63) is 48.5 Å². The molecule has 0 spiro atoms. The summed E-state index contributed by atoms with van der Waals surface area (Å²) in [5.41, 5.74) is 1.18. The van der Waals surface area contributed by atoms with Gasteiger partial charge in [0, 0.05) is 37.3 Å². The second-order valence-corrected chi connectivity index (χ2v) is 9.04. The highest BCUT2D eigenvalue weighted by molar-refractivity contribution is 7.89. The van der Waals surface area contributed by atoms with Gasteiger partial charge < -0.3 is 15.4 Å². The fraction of sp³-hybridized carbons (Fsp3) is 0.333. The fourth-order valence-corrected chi connectivity index (χ4v) is 4.85. The molecule has 1 fully saturated rings. The molecular weight excluding hydrogens is 406 g/mol. The van der Waals surface area contributed by atoms with Crippen molar-refractivity contribution in [3.8, 4) is 5.75 Å². The van der Waals surface area contributed by atoms with Gasteiger partial charge >= 0.3 is 0 Å². The number of nitrogens with zero attached hydrogens (tertiary/aromatic N) is 1. The first-order valence-electron chi connectivity index (χ1n) is 9.62. The maximum absolute atomic E-state index is 12.8. The number of nitrogens with one attached hydrogen (secondary N) is 2. The lowest BCUT2D eigenvalue weighted by molar-refractivity contribution is -0.121. The van der Waals surface area contributed by atoms with E-state index < -0.39 is 10.0 Å². The van der Waals surface area contributed by atoms with Crippen LogP contribution in [-0.4, -0.2) is 44.7 Å². The number of rotatable bonds is 6. The largest absolute Gasteiger partial charge is 0.497 e. The molecule has 0 radical (unpaired) electrons. The van der Waals surface area contributed by atoms with Gasteiger partial charge in [-0.15, -0.1) is 0 Å². The predicted octanol–water partition coefficient (Wildman–Crippen LogP) is 2.69. The molecule has 8 nitrogen and oxygen atoms in total. The topological polar surface area (TPSA) is 105 Å². The van der Waals surface area contributed by atoms with Crippen LogP contribution in [0.2, 0.25) is 0 Å². The number of piperidine rings is 1. The van der Waals surface area contributed by atoms with Gasteiger partial charge in [0.25, 0.3) is 0 Å². The van der Waals surface area contributed by atoms with Gasteiger partial charge in [-0.05, 0) is 55.3 Å². The number of carbonyl (C=O) groups is 2. The molecule has 30 heavy (non-hydrogen) atoms. The Morgan fingerprint density at radius 3 is 2.17 bits per heavy atom. The second kappa shape index (κ2) is 9.27. The summed E-state index contributed by atoms with van der Waals surface area (Å²) in [7, 11) is -2.08. The van der Waals surface area contributed by atoms with E-state index in [1.165, 1.54) is 30.5 Å². The standard InChI is InChI=1S/C21H25N3O5S/c1-15(25)22-17-4-3-5-18(14-17)23-21(26)16-10-12-24(13-11-16)30(27,28)20-8-6-19(29-2)7-9-20/h3-9,14,16H,10-13H2,1-2H3,(H,22,25)(H,23,26). The Kier molecular flexibility index (Phi) is 6.73. The maximum atomic E-state index is 12.8. The van der Waals surface area contributed by atoms with E-state index in [4.69, 9.17) is 4.74 Å². The van der Waals surface area contributed by atoms with E-state index in [0.717, 1.165) is 0 Å². The van der Waals surface area contributed by atoms with Crippen LogP contribution in [0.1, 0.15) is 19.8 Å². The van der Waals surface area contributed by atoms with Crippen LogP contribution in [0.25, 0.3) is 0 Å². The van der Waals surface area contributed by atoms with Crippen molar-refractivity contribution in [1.82, 2.24) is 4.31 Å². The maximum Gasteiger partial charge on any atom is 0.243 e. The molecule has 160 valence electrons. The number of hydrogen-bond donors (Lipinski definition) is 2. The summed E-state index contributed by atoms with van der Waals surface area (Å²) in [4.78, 5) is 24.0. The molecule has 3 rings (SSSR count). The van der Waals surface area contributed by atoms with Crippen molar-refractivity contribution in [3.63, 3.8) is 0 Å². The minimum atomic E-state index is -3.61. The molecule has 2 N–H and O–H groups in total. The predicted molar refractivity (Wildman–Crippen MR) is 114 cm³/mol. The third kappa shape index (κ3) is 5.17. The summed E-state index contributed by atoms with van der Waals surface area (Å²) in [6, 6.07) is 13.2. The van der Waals surface area contributed by atoms with Gasteiger partial charge in [-0.3, -0.25) is 9.59 Å². The van der Waals surface area contributed by atoms with Crippen molar-refractivity contribution < 1.29 is 22.7 Å². The van der Waals surface area contributed by atoms with Gasteiger partial charge in [-0.25, -0.2) is 8.42 Å². The molecule has 1 aliphatic heterocycles. The molecule has 2 aromatic rings. The first-order valence-corrected chi connectivity index (χ1v) is 11.1. The van der Waals surface area contributed by atoms with Gasteiger partial charge in [0.15, 0.2) is 0 Å². The monoisotopic (exact) mass is 431 g/mol. The molecule has 0 atom stereocenters. The Morgan fingerprint density at radius 1 is 1.00 bits per heavy atom. The van der Waals surface area contributed by atoms with Crippen LogP contribution >= 0.6 is 0 Å². The summed E-state index contributed by atoms with van der Waals surface area (Å²) in [6.45, 7) is 1.97. The van der Waals surface area contributed by atoms with Gasteiger partial charge in [-0.1, -0.05) is 6.07 Å². The normalized spacial score (nSPS) is 15.4. The minimum absolute atomic E-state index is 0.156. The van der Waals surface area contributed by atoms with E-state index in [-0.39, 0.29) is 35.7 Å². The zero-order valence-corrected chi connectivity index (χ0v) is 17.7. The average Bonchev–Trinajstić information content (AvgIpc) is 2.73. The van der Waals surface area contributed by atoms with Crippen LogP contribution in [-0.2, 0) is 19.6 Å². The zero-order chi connectivity index (χ0) is 21.7. The number of methoxy groups -OCH3 is 1. The number of hydrogen-bond acceptors (Lipinski definition) is 5. The average molecular weight is 432 g/mol. The van der Waals surface area contributed by atoms with Gasteiger partial charge in [0.05, 0.1) is 12.0 Å². The fourth-order valence-electron chi connectivity index (χ4n) is 3.38. The quantitative estimate of drug-likeness (QED) is 0.732. The zero-order valence-electron chi connectivity index (χ0n) is 16.9. The highest BCUT2D eigenvalue weighted by Gasteiger charge is 2.32. The van der Waals surface area contributed by atoms with Crippen molar-refractivity contribution >= 4 is 33.2 Å². The summed E-state index contributed by atoms with van der Waals surface area (Å²) in [5.74, 6) is -0.0379. The SMILES string of the molecule is COc1ccc(S(=O)(=O)N2CCC(C(=O)Nc3cccc(NC(C)=O)c3)CC2)cc1. The molecular formula is C21H25N3O5S. The van der Waals surface area contributed by atoms with Crippen LogP contribution in [0.5, 0.6) is 5.75 Å². The Balaban J connectivity index is 1.59.